The van der Waals surface area contributed by atoms with Crippen molar-refractivity contribution >= 4 is 33.0 Å². The molecule has 0 amide bonds. The van der Waals surface area contributed by atoms with Gasteiger partial charge in [-0.25, -0.2) is 4.98 Å². The summed E-state index contributed by atoms with van der Waals surface area (Å²) in [5.74, 6) is 1.41. The zero-order valence-electron chi connectivity index (χ0n) is 33.4. The first-order valence-electron chi connectivity index (χ1n) is 19.9. The number of nitrogens with zero attached hydrogens (tertiary/aromatic N) is 2. The summed E-state index contributed by atoms with van der Waals surface area (Å²) in [6.07, 6.45) is 0. The molecule has 7 aromatic carbocycles. The van der Waals surface area contributed by atoms with Crippen LogP contribution in [0.15, 0.2) is 156 Å². The van der Waals surface area contributed by atoms with Gasteiger partial charge in [-0.1, -0.05) is 158 Å². The summed E-state index contributed by atoms with van der Waals surface area (Å²) in [5, 5.41) is 2.20. The molecule has 0 aliphatic carbocycles. The first-order valence-corrected chi connectivity index (χ1v) is 19.9. The van der Waals surface area contributed by atoms with Crippen LogP contribution in [0.5, 0.6) is 0 Å². The molecule has 9 aromatic rings. The fourth-order valence-corrected chi connectivity index (χ4v) is 8.22. The largest absolute Gasteiger partial charge is 0.455 e. The lowest BCUT2D eigenvalue weighted by molar-refractivity contribution is 0.590. The van der Waals surface area contributed by atoms with Crippen LogP contribution in [-0.2, 0) is 5.41 Å². The Morgan fingerprint density at radius 1 is 0.518 bits per heavy atom. The Morgan fingerprint density at radius 3 is 1.75 bits per heavy atom. The topological polar surface area (TPSA) is 31.0 Å². The van der Waals surface area contributed by atoms with Gasteiger partial charge in [0.25, 0.3) is 0 Å². The maximum Gasteiger partial charge on any atom is 0.149 e. The van der Waals surface area contributed by atoms with Gasteiger partial charge in [-0.15, -0.1) is 0 Å². The van der Waals surface area contributed by atoms with E-state index in [4.69, 9.17) is 9.40 Å². The highest BCUT2D eigenvalue weighted by Gasteiger charge is 2.25. The van der Waals surface area contributed by atoms with E-state index in [9.17, 15) is 0 Å². The lowest BCUT2D eigenvalue weighted by Gasteiger charge is -2.24. The summed E-state index contributed by atoms with van der Waals surface area (Å²) in [5.41, 5.74) is 17.2. The van der Waals surface area contributed by atoms with E-state index in [1.807, 2.05) is 0 Å². The van der Waals surface area contributed by atoms with Gasteiger partial charge in [-0.05, 0) is 110 Å². The monoisotopic (exact) mass is 728 g/mol. The highest BCUT2D eigenvalue weighted by Crippen LogP contribution is 2.43. The number of hydrogen-bond acceptors (Lipinski definition) is 2. The van der Waals surface area contributed by atoms with E-state index in [2.05, 4.69) is 205 Å². The van der Waals surface area contributed by atoms with Crippen LogP contribution in [-0.4, -0.2) is 9.55 Å². The smallest absolute Gasteiger partial charge is 0.149 e. The Hall–Kier alpha value is -6.19. The number of rotatable bonds is 7. The van der Waals surface area contributed by atoms with E-state index in [1.165, 1.54) is 50.2 Å². The van der Waals surface area contributed by atoms with Crippen molar-refractivity contribution in [3.8, 4) is 50.5 Å². The van der Waals surface area contributed by atoms with Crippen molar-refractivity contribution < 1.29 is 4.42 Å². The summed E-state index contributed by atoms with van der Waals surface area (Å²) in [6, 6.07) is 54.9. The molecular weight excluding hydrogens is 681 g/mol. The molecule has 2 heterocycles. The van der Waals surface area contributed by atoms with Crippen molar-refractivity contribution in [2.24, 2.45) is 0 Å². The number of furan rings is 1. The second-order valence-corrected chi connectivity index (χ2v) is 16.8. The van der Waals surface area contributed by atoms with Gasteiger partial charge in [0.1, 0.15) is 17.0 Å². The number of hydrogen-bond donors (Lipinski definition) is 0. The minimum atomic E-state index is 0.108. The van der Waals surface area contributed by atoms with Crippen molar-refractivity contribution in [3.05, 3.63) is 168 Å². The second kappa shape index (κ2) is 13.8. The fraction of sp³-hybridized carbons (Fsp3) is 0.189. The van der Waals surface area contributed by atoms with Crippen LogP contribution in [0.25, 0.3) is 83.4 Å². The van der Waals surface area contributed by atoms with Gasteiger partial charge in [-0.3, -0.25) is 4.57 Å². The maximum absolute atomic E-state index is 6.89. The van der Waals surface area contributed by atoms with Crippen LogP contribution >= 0.6 is 0 Å². The van der Waals surface area contributed by atoms with Crippen molar-refractivity contribution in [3.63, 3.8) is 0 Å². The average molecular weight is 729 g/mol. The Balaban J connectivity index is 1.22. The van der Waals surface area contributed by atoms with Crippen LogP contribution in [0.3, 0.4) is 0 Å². The van der Waals surface area contributed by atoms with Gasteiger partial charge >= 0.3 is 0 Å². The van der Waals surface area contributed by atoms with E-state index >= 15 is 0 Å². The minimum Gasteiger partial charge on any atom is -0.455 e. The highest BCUT2D eigenvalue weighted by atomic mass is 16.3. The molecule has 2 aromatic heterocycles. The van der Waals surface area contributed by atoms with Gasteiger partial charge < -0.3 is 4.42 Å². The van der Waals surface area contributed by atoms with Gasteiger partial charge in [0.2, 0.25) is 0 Å². The lowest BCUT2D eigenvalue weighted by Crippen LogP contribution is -2.10. The van der Waals surface area contributed by atoms with E-state index in [0.29, 0.717) is 0 Å². The molecule has 3 heteroatoms. The molecule has 0 saturated carbocycles. The van der Waals surface area contributed by atoms with Crippen molar-refractivity contribution in [2.75, 3.05) is 0 Å². The summed E-state index contributed by atoms with van der Waals surface area (Å²) < 4.78 is 9.29. The van der Waals surface area contributed by atoms with Crippen molar-refractivity contribution in [1.82, 2.24) is 9.55 Å². The van der Waals surface area contributed by atoms with Crippen LogP contribution < -0.4 is 0 Å². The van der Waals surface area contributed by atoms with Gasteiger partial charge in [-0.2, -0.15) is 0 Å². The summed E-state index contributed by atoms with van der Waals surface area (Å²) in [7, 11) is 0. The molecule has 56 heavy (non-hydrogen) atoms. The third-order valence-corrected chi connectivity index (χ3v) is 11.3. The third-order valence-electron chi connectivity index (χ3n) is 11.3. The van der Waals surface area contributed by atoms with E-state index in [0.717, 1.165) is 49.9 Å². The molecule has 3 nitrogen and oxygen atoms in total. The Bertz CT molecular complexity index is 2830. The van der Waals surface area contributed by atoms with E-state index < -0.39 is 0 Å². The molecule has 0 aliphatic heterocycles. The standard InChI is InChI=1S/C53H48N2O/c1-33(2)45-30-40(38-22-20-36(21-23-38)35-14-9-8-10-15-35)31-46(34(3)4)50(45)55-48-19-12-11-18-47(48)54-52(55)44-17-13-16-43-42-29-26-39(32-49(42)56-51(43)44)37-24-27-41(28-25-37)53(5,6)7/h8-34H,1-7H3. The molecule has 0 N–H and O–H groups in total. The first kappa shape index (κ1) is 35.5. The van der Waals surface area contributed by atoms with Crippen LogP contribution in [0, 0.1) is 0 Å². The molecule has 0 bridgehead atoms. The quantitative estimate of drug-likeness (QED) is 0.164. The zero-order valence-corrected chi connectivity index (χ0v) is 33.4. The Morgan fingerprint density at radius 2 is 1.09 bits per heavy atom. The Labute approximate surface area is 330 Å². The number of para-hydroxylation sites is 3. The van der Waals surface area contributed by atoms with Crippen LogP contribution in [0.1, 0.15) is 77.0 Å². The minimum absolute atomic E-state index is 0.108. The lowest BCUT2D eigenvalue weighted by atomic mass is 9.86. The normalized spacial score (nSPS) is 12.2. The van der Waals surface area contributed by atoms with Crippen molar-refractivity contribution in [2.45, 2.75) is 65.7 Å². The number of imidazole rings is 1. The predicted molar refractivity (Wildman–Crippen MR) is 237 cm³/mol. The summed E-state index contributed by atoms with van der Waals surface area (Å²) in [6.45, 7) is 16.0. The van der Waals surface area contributed by atoms with Gasteiger partial charge in [0, 0.05) is 10.8 Å². The Kier molecular flexibility index (Phi) is 8.77. The number of fused-ring (bicyclic) bond motifs is 4. The molecular formula is C53H48N2O. The zero-order chi connectivity index (χ0) is 38.7. The first-order chi connectivity index (χ1) is 27.0. The molecule has 0 saturated heterocycles. The van der Waals surface area contributed by atoms with E-state index in [1.54, 1.807) is 0 Å². The van der Waals surface area contributed by atoms with Gasteiger partial charge in [0.05, 0.1) is 22.3 Å². The fourth-order valence-electron chi connectivity index (χ4n) is 8.22. The van der Waals surface area contributed by atoms with Gasteiger partial charge in [0.15, 0.2) is 0 Å². The summed E-state index contributed by atoms with van der Waals surface area (Å²) in [4.78, 5) is 5.40. The average Bonchev–Trinajstić information content (AvgIpc) is 3.79. The SMILES string of the molecule is CC(C)c1cc(-c2ccc(-c3ccccc3)cc2)cc(C(C)C)c1-n1c(-c2cccc3c2oc2cc(-c4ccc(C(C)(C)C)cc4)ccc23)nc2ccccc21. The summed E-state index contributed by atoms with van der Waals surface area (Å²) >= 11 is 0. The number of aromatic nitrogens is 2. The molecule has 0 spiro atoms. The maximum atomic E-state index is 6.89. The second-order valence-electron chi connectivity index (χ2n) is 16.8. The molecule has 0 fully saturated rings. The molecule has 0 unspecified atom stereocenters. The molecule has 0 radical (unpaired) electrons. The van der Waals surface area contributed by atoms with Crippen LogP contribution in [0.4, 0.5) is 0 Å². The van der Waals surface area contributed by atoms with E-state index in [-0.39, 0.29) is 17.3 Å². The molecule has 0 aliphatic rings. The van der Waals surface area contributed by atoms with Crippen molar-refractivity contribution in [1.29, 1.82) is 0 Å². The van der Waals surface area contributed by atoms with Crippen LogP contribution in [0.2, 0.25) is 0 Å². The molecule has 0 atom stereocenters. The number of benzene rings is 7. The molecule has 276 valence electrons. The predicted octanol–water partition coefficient (Wildman–Crippen LogP) is 15.1. The third kappa shape index (κ3) is 6.22. The highest BCUT2D eigenvalue weighted by molar-refractivity contribution is 6.10. The molecule has 9 rings (SSSR count).